The van der Waals surface area contributed by atoms with E-state index in [9.17, 15) is 4.79 Å². The molecule has 0 aromatic heterocycles. The van der Waals surface area contributed by atoms with Gasteiger partial charge in [-0.2, -0.15) is 5.10 Å². The van der Waals surface area contributed by atoms with Crippen molar-refractivity contribution in [2.75, 3.05) is 4.90 Å². The highest BCUT2D eigenvalue weighted by molar-refractivity contribution is 6.30. The number of hydrogen-bond donors (Lipinski definition) is 0. The van der Waals surface area contributed by atoms with Crippen LogP contribution in [0.2, 0.25) is 5.02 Å². The maximum atomic E-state index is 14.5. The van der Waals surface area contributed by atoms with Gasteiger partial charge in [-0.05, 0) is 35.4 Å². The monoisotopic (exact) mass is 491 g/mol. The van der Waals surface area contributed by atoms with Crippen molar-refractivity contribution in [3.8, 4) is 5.75 Å². The molecule has 0 N–H and O–H groups in total. The maximum absolute atomic E-state index is 14.5. The van der Waals surface area contributed by atoms with Crippen molar-refractivity contribution >= 4 is 28.9 Å². The Hall–Kier alpha value is -4.09. The minimum absolute atomic E-state index is 0.130. The molecule has 0 aliphatic carbocycles. The summed E-state index contributed by atoms with van der Waals surface area (Å²) >= 11 is 6.14. The van der Waals surface area contributed by atoms with Crippen LogP contribution in [0.3, 0.4) is 0 Å². The van der Waals surface area contributed by atoms with Gasteiger partial charge < -0.3 is 9.64 Å². The molecule has 0 fully saturated rings. The molecule has 1 spiro atoms. The van der Waals surface area contributed by atoms with Crippen LogP contribution in [0.15, 0.2) is 108 Å². The van der Waals surface area contributed by atoms with Gasteiger partial charge in [0.15, 0.2) is 0 Å². The fraction of sp³-hybridized carbons (Fsp3) is 0.133. The summed E-state index contributed by atoms with van der Waals surface area (Å²) in [5.41, 5.74) is 4.26. The first-order valence-electron chi connectivity index (χ1n) is 12.0. The van der Waals surface area contributed by atoms with Gasteiger partial charge in [0, 0.05) is 17.0 Å². The highest BCUT2D eigenvalue weighted by Crippen LogP contribution is 2.55. The number of rotatable bonds is 3. The second-order valence-electron chi connectivity index (χ2n) is 9.30. The van der Waals surface area contributed by atoms with Crippen molar-refractivity contribution in [3.63, 3.8) is 0 Å². The van der Waals surface area contributed by atoms with Gasteiger partial charge in [-0.15, -0.1) is 0 Å². The molecule has 7 rings (SSSR count). The third-order valence-corrected chi connectivity index (χ3v) is 7.48. The molecular weight excluding hydrogens is 470 g/mol. The average molecular weight is 492 g/mol. The Balaban J connectivity index is 1.40. The molecule has 176 valence electrons. The molecule has 3 heterocycles. The molecule has 4 aromatic carbocycles. The predicted octanol–water partition coefficient (Wildman–Crippen LogP) is 6.28. The third kappa shape index (κ3) is 3.02. The summed E-state index contributed by atoms with van der Waals surface area (Å²) in [5.74, 6) is 0.587. The quantitative estimate of drug-likeness (QED) is 0.338. The number of fused-ring (bicyclic) bond motifs is 6. The highest BCUT2D eigenvalue weighted by Gasteiger charge is 2.63. The molecule has 3 aliphatic rings. The van der Waals surface area contributed by atoms with Gasteiger partial charge in [-0.25, -0.2) is 5.01 Å². The summed E-state index contributed by atoms with van der Waals surface area (Å²) in [6.45, 7) is 0.454. The molecule has 3 aliphatic heterocycles. The number of carbonyl (C=O) groups excluding carboxylic acids is 1. The van der Waals surface area contributed by atoms with Crippen molar-refractivity contribution in [1.82, 2.24) is 5.01 Å². The van der Waals surface area contributed by atoms with Crippen molar-refractivity contribution in [1.29, 1.82) is 0 Å². The first-order valence-corrected chi connectivity index (χ1v) is 12.4. The Bertz CT molecular complexity index is 1520. The number of amides is 1. The van der Waals surface area contributed by atoms with E-state index >= 15 is 0 Å². The summed E-state index contributed by atoms with van der Waals surface area (Å²) in [4.78, 5) is 16.3. The highest BCUT2D eigenvalue weighted by atomic mass is 35.5. The molecule has 4 aromatic rings. The van der Waals surface area contributed by atoms with Gasteiger partial charge in [-0.3, -0.25) is 4.79 Å². The van der Waals surface area contributed by atoms with Crippen LogP contribution >= 0.6 is 11.6 Å². The summed E-state index contributed by atoms with van der Waals surface area (Å²) < 4.78 is 6.71. The van der Waals surface area contributed by atoms with E-state index in [1.807, 2.05) is 107 Å². The fourth-order valence-electron chi connectivity index (χ4n) is 5.56. The number of ether oxygens (including phenoxy) is 1. The number of halogens is 1. The molecule has 0 bridgehead atoms. The van der Waals surface area contributed by atoms with Gasteiger partial charge in [0.1, 0.15) is 5.75 Å². The van der Waals surface area contributed by atoms with E-state index in [4.69, 9.17) is 21.4 Å². The van der Waals surface area contributed by atoms with Crippen molar-refractivity contribution in [2.45, 2.75) is 24.7 Å². The van der Waals surface area contributed by atoms with E-state index < -0.39 is 5.72 Å². The molecule has 0 saturated heterocycles. The second-order valence-corrected chi connectivity index (χ2v) is 9.73. The lowest BCUT2D eigenvalue weighted by molar-refractivity contribution is -0.164. The van der Waals surface area contributed by atoms with Crippen molar-refractivity contribution in [2.24, 2.45) is 5.10 Å². The zero-order valence-corrected chi connectivity index (χ0v) is 20.1. The Morgan fingerprint density at radius 1 is 0.889 bits per heavy atom. The third-order valence-electron chi connectivity index (χ3n) is 7.22. The van der Waals surface area contributed by atoms with Crippen molar-refractivity contribution < 1.29 is 9.53 Å². The van der Waals surface area contributed by atoms with Gasteiger partial charge in [0.05, 0.1) is 29.5 Å². The maximum Gasteiger partial charge on any atom is 0.306 e. The van der Waals surface area contributed by atoms with Gasteiger partial charge >= 0.3 is 5.72 Å². The van der Waals surface area contributed by atoms with Crippen LogP contribution in [-0.2, 0) is 17.1 Å². The topological polar surface area (TPSA) is 45.1 Å². The molecule has 6 heteroatoms. The zero-order chi connectivity index (χ0) is 24.3. The Morgan fingerprint density at radius 3 is 2.44 bits per heavy atom. The Labute approximate surface area is 214 Å². The standard InChI is InChI=1S/C30H22ClN3O2/c31-22-16-14-21(15-17-22)25-18-27-23-10-4-7-13-28(23)36-30(34(27)32-25)24-11-5-6-12-26(24)33(29(30)35)19-20-8-2-1-3-9-20/h1-17,27H,18-19H2/t27-,30-/m1/s1. The summed E-state index contributed by atoms with van der Waals surface area (Å²) in [6, 6.07) is 33.5. The van der Waals surface area contributed by atoms with E-state index in [1.165, 1.54) is 0 Å². The first-order chi connectivity index (χ1) is 17.6. The number of hydrazone groups is 1. The summed E-state index contributed by atoms with van der Waals surface area (Å²) in [6.07, 6.45) is 0.665. The molecule has 5 nitrogen and oxygen atoms in total. The van der Waals surface area contributed by atoms with E-state index in [2.05, 4.69) is 6.07 Å². The zero-order valence-electron chi connectivity index (χ0n) is 19.3. The lowest BCUT2D eigenvalue weighted by Gasteiger charge is -2.44. The lowest BCUT2D eigenvalue weighted by Crippen LogP contribution is -2.57. The molecule has 1 amide bonds. The average Bonchev–Trinajstić information content (AvgIpc) is 3.46. The van der Waals surface area contributed by atoms with Crippen LogP contribution in [0, 0.1) is 0 Å². The number of benzene rings is 4. The number of carbonyl (C=O) groups is 1. The van der Waals surface area contributed by atoms with E-state index in [0.29, 0.717) is 18.0 Å². The molecule has 2 atom stereocenters. The van der Waals surface area contributed by atoms with E-state index in [-0.39, 0.29) is 11.9 Å². The van der Waals surface area contributed by atoms with Crippen LogP contribution in [0.1, 0.15) is 34.7 Å². The Morgan fingerprint density at radius 2 is 1.61 bits per heavy atom. The number of hydrogen-bond acceptors (Lipinski definition) is 4. The van der Waals surface area contributed by atoms with Crippen LogP contribution in [-0.4, -0.2) is 16.6 Å². The van der Waals surface area contributed by atoms with E-state index in [0.717, 1.165) is 39.4 Å². The molecule has 0 unspecified atom stereocenters. The molecule has 36 heavy (non-hydrogen) atoms. The van der Waals surface area contributed by atoms with Gasteiger partial charge in [0.25, 0.3) is 5.91 Å². The van der Waals surface area contributed by atoms with Crippen LogP contribution in [0.4, 0.5) is 5.69 Å². The summed E-state index contributed by atoms with van der Waals surface area (Å²) in [5, 5.41) is 7.64. The summed E-state index contributed by atoms with van der Waals surface area (Å²) in [7, 11) is 0. The normalized spacial score (nSPS) is 21.6. The number of anilines is 1. The van der Waals surface area contributed by atoms with Crippen molar-refractivity contribution in [3.05, 3.63) is 130 Å². The van der Waals surface area contributed by atoms with E-state index in [1.54, 1.807) is 0 Å². The minimum Gasteiger partial charge on any atom is -0.453 e. The number of para-hydroxylation sites is 2. The SMILES string of the molecule is O=C1N(Cc2ccccc2)c2ccccc2[C@@]12Oc1ccccc1[C@H]1CC(c3ccc(Cl)cc3)=NN12. The molecule has 0 radical (unpaired) electrons. The smallest absolute Gasteiger partial charge is 0.306 e. The van der Waals surface area contributed by atoms with Crippen LogP contribution in [0.5, 0.6) is 5.75 Å². The largest absolute Gasteiger partial charge is 0.453 e. The predicted molar refractivity (Wildman–Crippen MR) is 140 cm³/mol. The Kier molecular flexibility index (Phi) is 4.70. The molecule has 0 saturated carbocycles. The number of nitrogens with zero attached hydrogens (tertiary/aromatic N) is 3. The lowest BCUT2D eigenvalue weighted by atomic mass is 9.92. The van der Waals surface area contributed by atoms with Gasteiger partial charge in [0.2, 0.25) is 0 Å². The fourth-order valence-corrected chi connectivity index (χ4v) is 5.69. The van der Waals surface area contributed by atoms with Crippen LogP contribution < -0.4 is 9.64 Å². The minimum atomic E-state index is -1.38. The first kappa shape index (κ1) is 21.2. The molecular formula is C30H22ClN3O2. The van der Waals surface area contributed by atoms with Crippen LogP contribution in [0.25, 0.3) is 0 Å². The van der Waals surface area contributed by atoms with Gasteiger partial charge in [-0.1, -0.05) is 90.5 Å². The second kappa shape index (κ2) is 7.97.